The van der Waals surface area contributed by atoms with Gasteiger partial charge in [-0.1, -0.05) is 0 Å². The lowest BCUT2D eigenvalue weighted by atomic mass is 10.0. The summed E-state index contributed by atoms with van der Waals surface area (Å²) in [5, 5.41) is 0. The molecule has 0 radical (unpaired) electrons. The van der Waals surface area contributed by atoms with Crippen LogP contribution in [0.5, 0.6) is 0 Å². The van der Waals surface area contributed by atoms with E-state index in [2.05, 4.69) is 0 Å². The zero-order chi connectivity index (χ0) is 10.8. The predicted octanol–water partition coefficient (Wildman–Crippen LogP) is 0.361. The number of hydrogen-bond acceptors (Lipinski definition) is 3. The Morgan fingerprint density at radius 1 is 1.60 bits per heavy atom. The van der Waals surface area contributed by atoms with Crippen LogP contribution in [0.2, 0.25) is 0 Å². The van der Waals surface area contributed by atoms with Crippen molar-refractivity contribution in [1.82, 2.24) is 4.90 Å². The Bertz CT molecular complexity index is 245. The molecule has 2 fully saturated rings. The first-order valence-corrected chi connectivity index (χ1v) is 5.84. The Kier molecular flexibility index (Phi) is 3.26. The molecule has 3 unspecified atom stereocenters. The molecule has 0 aromatic carbocycles. The Morgan fingerprint density at radius 3 is 3.00 bits per heavy atom. The number of ether oxygens (including phenoxy) is 1. The fourth-order valence-electron chi connectivity index (χ4n) is 2.59. The van der Waals surface area contributed by atoms with Gasteiger partial charge in [0.2, 0.25) is 5.91 Å². The van der Waals surface area contributed by atoms with E-state index in [1.54, 1.807) is 0 Å². The van der Waals surface area contributed by atoms with Crippen molar-refractivity contribution in [2.75, 3.05) is 19.7 Å². The summed E-state index contributed by atoms with van der Waals surface area (Å²) >= 11 is 0. The van der Waals surface area contributed by atoms with Gasteiger partial charge in [-0.05, 0) is 26.2 Å². The summed E-state index contributed by atoms with van der Waals surface area (Å²) in [6, 6.07) is 0.272. The van der Waals surface area contributed by atoms with Gasteiger partial charge in [-0.2, -0.15) is 0 Å². The Hall–Kier alpha value is -0.610. The van der Waals surface area contributed by atoms with Gasteiger partial charge in [0.25, 0.3) is 0 Å². The molecule has 4 nitrogen and oxygen atoms in total. The highest BCUT2D eigenvalue weighted by Crippen LogP contribution is 2.25. The first-order valence-electron chi connectivity index (χ1n) is 5.84. The van der Waals surface area contributed by atoms with Gasteiger partial charge in [0.1, 0.15) is 0 Å². The van der Waals surface area contributed by atoms with Gasteiger partial charge < -0.3 is 15.4 Å². The van der Waals surface area contributed by atoms with Crippen LogP contribution in [-0.4, -0.2) is 42.6 Å². The maximum atomic E-state index is 12.2. The highest BCUT2D eigenvalue weighted by atomic mass is 16.5. The molecule has 0 aliphatic carbocycles. The SMILES string of the molecule is CC1CC(C(=O)N2CCCC2CN)CO1. The van der Waals surface area contributed by atoms with Crippen LogP contribution in [-0.2, 0) is 9.53 Å². The van der Waals surface area contributed by atoms with Gasteiger partial charge in [-0.25, -0.2) is 0 Å². The molecule has 0 saturated carbocycles. The number of rotatable bonds is 2. The third-order valence-corrected chi connectivity index (χ3v) is 3.48. The second-order valence-corrected chi connectivity index (χ2v) is 4.64. The minimum Gasteiger partial charge on any atom is -0.378 e. The van der Waals surface area contributed by atoms with Crippen molar-refractivity contribution in [2.24, 2.45) is 11.7 Å². The molecule has 0 bridgehead atoms. The van der Waals surface area contributed by atoms with Gasteiger partial charge in [-0.15, -0.1) is 0 Å². The number of nitrogens with two attached hydrogens (primary N) is 1. The van der Waals surface area contributed by atoms with Crippen LogP contribution in [0.1, 0.15) is 26.2 Å². The predicted molar refractivity (Wildman–Crippen MR) is 57.3 cm³/mol. The summed E-state index contributed by atoms with van der Waals surface area (Å²) in [5.74, 6) is 0.333. The largest absolute Gasteiger partial charge is 0.378 e. The first-order chi connectivity index (χ1) is 7.22. The lowest BCUT2D eigenvalue weighted by Gasteiger charge is -2.25. The third-order valence-electron chi connectivity index (χ3n) is 3.48. The number of amides is 1. The van der Waals surface area contributed by atoms with E-state index in [-0.39, 0.29) is 24.0 Å². The standard InChI is InChI=1S/C11H20N2O2/c1-8-5-9(7-15-8)11(14)13-4-2-3-10(13)6-12/h8-10H,2-7,12H2,1H3. The lowest BCUT2D eigenvalue weighted by Crippen LogP contribution is -2.43. The quantitative estimate of drug-likeness (QED) is 0.719. The molecular weight excluding hydrogens is 192 g/mol. The molecule has 4 heteroatoms. The fourth-order valence-corrected chi connectivity index (χ4v) is 2.59. The maximum Gasteiger partial charge on any atom is 0.228 e. The van der Waals surface area contributed by atoms with Crippen LogP contribution in [0.4, 0.5) is 0 Å². The van der Waals surface area contributed by atoms with E-state index in [0.29, 0.717) is 13.2 Å². The molecule has 1 amide bonds. The number of nitrogens with zero attached hydrogens (tertiary/aromatic N) is 1. The van der Waals surface area contributed by atoms with Crippen LogP contribution in [0, 0.1) is 5.92 Å². The molecule has 2 heterocycles. The van der Waals surface area contributed by atoms with Gasteiger partial charge in [0, 0.05) is 19.1 Å². The van der Waals surface area contributed by atoms with Crippen LogP contribution < -0.4 is 5.73 Å². The van der Waals surface area contributed by atoms with Crippen molar-refractivity contribution in [1.29, 1.82) is 0 Å². The van der Waals surface area contributed by atoms with E-state index in [0.717, 1.165) is 25.8 Å². The summed E-state index contributed by atoms with van der Waals surface area (Å²) in [5.41, 5.74) is 5.66. The average molecular weight is 212 g/mol. The van der Waals surface area contributed by atoms with Gasteiger partial charge in [-0.3, -0.25) is 4.79 Å². The van der Waals surface area contributed by atoms with Crippen molar-refractivity contribution in [2.45, 2.75) is 38.3 Å². The van der Waals surface area contributed by atoms with Crippen molar-refractivity contribution < 1.29 is 9.53 Å². The zero-order valence-electron chi connectivity index (χ0n) is 9.32. The van der Waals surface area contributed by atoms with E-state index in [1.165, 1.54) is 0 Å². The van der Waals surface area contributed by atoms with E-state index in [1.807, 2.05) is 11.8 Å². The highest BCUT2D eigenvalue weighted by Gasteiger charge is 2.35. The van der Waals surface area contributed by atoms with Gasteiger partial charge >= 0.3 is 0 Å². The average Bonchev–Trinajstić information content (AvgIpc) is 2.84. The number of carbonyl (C=O) groups is 1. The molecule has 2 aliphatic heterocycles. The first kappa shape index (κ1) is 10.9. The molecule has 86 valence electrons. The van der Waals surface area contributed by atoms with E-state index in [4.69, 9.17) is 10.5 Å². The van der Waals surface area contributed by atoms with E-state index < -0.39 is 0 Å². The van der Waals surface area contributed by atoms with Crippen molar-refractivity contribution in [3.63, 3.8) is 0 Å². The van der Waals surface area contributed by atoms with Crippen LogP contribution >= 0.6 is 0 Å². The van der Waals surface area contributed by atoms with Crippen molar-refractivity contribution in [3.8, 4) is 0 Å². The summed E-state index contributed by atoms with van der Waals surface area (Å²) < 4.78 is 5.44. The summed E-state index contributed by atoms with van der Waals surface area (Å²) in [6.07, 6.45) is 3.26. The fraction of sp³-hybridized carbons (Fsp3) is 0.909. The molecule has 2 saturated heterocycles. The molecule has 0 aromatic rings. The zero-order valence-corrected chi connectivity index (χ0v) is 9.32. The monoisotopic (exact) mass is 212 g/mol. The third kappa shape index (κ3) is 2.16. The minimum absolute atomic E-state index is 0.0761. The van der Waals surface area contributed by atoms with Crippen molar-refractivity contribution >= 4 is 5.91 Å². The molecule has 2 aliphatic rings. The summed E-state index contributed by atoms with van der Waals surface area (Å²) in [7, 11) is 0. The Morgan fingerprint density at radius 2 is 2.40 bits per heavy atom. The molecule has 0 spiro atoms. The van der Waals surface area contributed by atoms with E-state index >= 15 is 0 Å². The van der Waals surface area contributed by atoms with Crippen LogP contribution in [0.15, 0.2) is 0 Å². The molecule has 15 heavy (non-hydrogen) atoms. The minimum atomic E-state index is 0.0761. The lowest BCUT2D eigenvalue weighted by molar-refractivity contribution is -0.136. The molecule has 3 atom stereocenters. The number of likely N-dealkylation sites (tertiary alicyclic amines) is 1. The molecule has 0 aromatic heterocycles. The second-order valence-electron chi connectivity index (χ2n) is 4.64. The Balaban J connectivity index is 1.95. The Labute approximate surface area is 90.8 Å². The van der Waals surface area contributed by atoms with Crippen LogP contribution in [0.25, 0.3) is 0 Å². The summed E-state index contributed by atoms with van der Waals surface area (Å²) in [4.78, 5) is 14.1. The number of carbonyl (C=O) groups excluding carboxylic acids is 1. The van der Waals surface area contributed by atoms with E-state index in [9.17, 15) is 4.79 Å². The smallest absolute Gasteiger partial charge is 0.228 e. The molecular formula is C11H20N2O2. The molecule has 2 rings (SSSR count). The number of hydrogen-bond donors (Lipinski definition) is 1. The topological polar surface area (TPSA) is 55.6 Å². The van der Waals surface area contributed by atoms with Gasteiger partial charge in [0.15, 0.2) is 0 Å². The highest BCUT2D eigenvalue weighted by molar-refractivity contribution is 5.80. The molecule has 2 N–H and O–H groups in total. The summed E-state index contributed by atoms with van der Waals surface area (Å²) in [6.45, 7) is 4.09. The van der Waals surface area contributed by atoms with Gasteiger partial charge in [0.05, 0.1) is 18.6 Å². The van der Waals surface area contributed by atoms with Crippen LogP contribution in [0.3, 0.4) is 0 Å². The normalized spacial score (nSPS) is 36.1. The maximum absolute atomic E-state index is 12.2. The van der Waals surface area contributed by atoms with Crippen molar-refractivity contribution in [3.05, 3.63) is 0 Å². The second kappa shape index (κ2) is 4.49.